The fraction of sp³-hybridized carbons (Fsp3) is 0.125. The van der Waals surface area contributed by atoms with Crippen LogP contribution in [-0.2, 0) is 12.3 Å². The highest BCUT2D eigenvalue weighted by atomic mass is 32.2. The maximum Gasteiger partial charge on any atom is 0.173 e. The molecule has 0 saturated heterocycles. The van der Waals surface area contributed by atoms with Crippen molar-refractivity contribution in [3.63, 3.8) is 0 Å². The number of nitrogens with zero attached hydrogens (tertiary/aromatic N) is 5. The number of thioether (sulfide) groups is 2. The van der Waals surface area contributed by atoms with Gasteiger partial charge in [-0.25, -0.2) is 4.98 Å². The van der Waals surface area contributed by atoms with Gasteiger partial charge in [-0.1, -0.05) is 72.9 Å². The number of aromatic nitrogens is 5. The number of para-hydroxylation sites is 1. The largest absolute Gasteiger partial charge is 0.312 e. The lowest BCUT2D eigenvalue weighted by atomic mass is 10.2. The Hall–Kier alpha value is -3.03. The van der Waals surface area contributed by atoms with E-state index in [1.54, 1.807) is 35.9 Å². The van der Waals surface area contributed by atoms with Crippen LogP contribution in [0.2, 0.25) is 0 Å². The van der Waals surface area contributed by atoms with Gasteiger partial charge >= 0.3 is 0 Å². The summed E-state index contributed by atoms with van der Waals surface area (Å²) in [6, 6.07) is 20.6. The summed E-state index contributed by atoms with van der Waals surface area (Å²) in [6.45, 7) is 4.58. The van der Waals surface area contributed by atoms with E-state index in [4.69, 9.17) is 4.98 Å². The van der Waals surface area contributed by atoms with Gasteiger partial charge in [-0.05, 0) is 30.0 Å². The number of imidazole rings is 1. The van der Waals surface area contributed by atoms with Gasteiger partial charge in [0.2, 0.25) is 0 Å². The second-order valence-corrected chi connectivity index (χ2v) is 8.52. The van der Waals surface area contributed by atoms with Gasteiger partial charge in [-0.15, -0.1) is 22.0 Å². The first-order chi connectivity index (χ1) is 15.3. The van der Waals surface area contributed by atoms with E-state index < -0.39 is 0 Å². The molecule has 0 bridgehead atoms. The minimum Gasteiger partial charge on any atom is -0.312 e. The van der Waals surface area contributed by atoms with Crippen LogP contribution in [0.25, 0.3) is 10.6 Å². The minimum atomic E-state index is 0.676. The van der Waals surface area contributed by atoms with Crippen LogP contribution in [0.15, 0.2) is 97.1 Å². The van der Waals surface area contributed by atoms with Crippen molar-refractivity contribution in [2.75, 3.05) is 6.26 Å². The predicted molar refractivity (Wildman–Crippen MR) is 130 cm³/mol. The smallest absolute Gasteiger partial charge is 0.173 e. The Morgan fingerprint density at radius 2 is 1.81 bits per heavy atom. The molecule has 0 aliphatic heterocycles. The molecule has 156 valence electrons. The zero-order chi connectivity index (χ0) is 21.5. The Labute approximate surface area is 190 Å². The van der Waals surface area contributed by atoms with E-state index in [-0.39, 0.29) is 0 Å². The second kappa shape index (κ2) is 10.3. The Morgan fingerprint density at radius 3 is 2.52 bits per heavy atom. The molecule has 4 rings (SSSR count). The van der Waals surface area contributed by atoms with Crippen LogP contribution in [0, 0.1) is 0 Å². The highest BCUT2D eigenvalue weighted by molar-refractivity contribution is 8.07. The number of hydrogen-bond acceptors (Lipinski definition) is 5. The molecule has 0 N–H and O–H groups in total. The standard InChI is InChI=1S/C24H23N5S2/c1-3-10-22(30-2)21-16-29(20-13-8-5-9-14-20)24(26-21)31-17-23-27-25-18-28(23)15-19-11-6-4-7-12-19/h3-14,16,18H,1,15,17H2,2H3/b22-10-. The van der Waals surface area contributed by atoms with Crippen molar-refractivity contribution in [2.45, 2.75) is 17.5 Å². The molecular formula is C24H23N5S2. The SMILES string of the molecule is C=C/C=C(\SC)c1cn(-c2ccccc2)c(SCc2nncn2Cc2ccccc2)n1. The molecule has 0 saturated carbocycles. The molecule has 0 fully saturated rings. The fourth-order valence-electron chi connectivity index (χ4n) is 3.15. The summed E-state index contributed by atoms with van der Waals surface area (Å²) in [4.78, 5) is 6.00. The third-order valence-electron chi connectivity index (χ3n) is 4.67. The molecule has 0 aliphatic rings. The summed E-state index contributed by atoms with van der Waals surface area (Å²) in [5, 5.41) is 9.39. The molecule has 4 aromatic rings. The van der Waals surface area contributed by atoms with Crippen LogP contribution in [0.1, 0.15) is 17.1 Å². The van der Waals surface area contributed by atoms with Gasteiger partial charge < -0.3 is 4.57 Å². The van der Waals surface area contributed by atoms with E-state index in [9.17, 15) is 0 Å². The molecule has 5 nitrogen and oxygen atoms in total. The van der Waals surface area contributed by atoms with Gasteiger partial charge in [-0.2, -0.15) is 0 Å². The van der Waals surface area contributed by atoms with Crippen molar-refractivity contribution >= 4 is 28.4 Å². The average Bonchev–Trinajstić information content (AvgIpc) is 3.44. The maximum absolute atomic E-state index is 4.92. The Morgan fingerprint density at radius 1 is 1.06 bits per heavy atom. The molecule has 0 spiro atoms. The van der Waals surface area contributed by atoms with Crippen LogP contribution in [0.3, 0.4) is 0 Å². The fourth-order valence-corrected chi connectivity index (χ4v) is 4.64. The molecule has 0 atom stereocenters. The number of benzene rings is 2. The maximum atomic E-state index is 4.92. The Bertz CT molecular complexity index is 1160. The van der Waals surface area contributed by atoms with E-state index >= 15 is 0 Å². The zero-order valence-electron chi connectivity index (χ0n) is 17.3. The lowest BCUT2D eigenvalue weighted by Crippen LogP contribution is -2.04. The number of rotatable bonds is 9. The number of hydrogen-bond donors (Lipinski definition) is 0. The van der Waals surface area contributed by atoms with Gasteiger partial charge in [0.1, 0.15) is 12.2 Å². The molecule has 31 heavy (non-hydrogen) atoms. The first-order valence-corrected chi connectivity index (χ1v) is 12.0. The van der Waals surface area contributed by atoms with Crippen molar-refractivity contribution < 1.29 is 0 Å². The topological polar surface area (TPSA) is 48.5 Å². The summed E-state index contributed by atoms with van der Waals surface area (Å²) in [6.07, 6.45) is 9.71. The van der Waals surface area contributed by atoms with Gasteiger partial charge in [0, 0.05) is 16.8 Å². The highest BCUT2D eigenvalue weighted by Gasteiger charge is 2.15. The summed E-state index contributed by atoms with van der Waals surface area (Å²) in [7, 11) is 0. The molecular weight excluding hydrogens is 422 g/mol. The van der Waals surface area contributed by atoms with Crippen molar-refractivity contribution in [3.8, 4) is 5.69 Å². The van der Waals surface area contributed by atoms with Gasteiger partial charge in [0.05, 0.1) is 18.0 Å². The van der Waals surface area contributed by atoms with Crippen LogP contribution < -0.4 is 0 Å². The van der Waals surface area contributed by atoms with E-state index in [1.165, 1.54) is 5.56 Å². The Kier molecular flexibility index (Phi) is 7.07. The first-order valence-electron chi connectivity index (χ1n) is 9.84. The molecule has 2 heterocycles. The van der Waals surface area contributed by atoms with Crippen LogP contribution >= 0.6 is 23.5 Å². The van der Waals surface area contributed by atoms with Gasteiger partial charge in [0.15, 0.2) is 5.16 Å². The van der Waals surface area contributed by atoms with E-state index in [0.717, 1.165) is 33.8 Å². The third-order valence-corrected chi connectivity index (χ3v) is 6.41. The minimum absolute atomic E-state index is 0.676. The van der Waals surface area contributed by atoms with Gasteiger partial charge in [0.25, 0.3) is 0 Å². The van der Waals surface area contributed by atoms with Crippen molar-refractivity contribution in [3.05, 3.63) is 109 Å². The van der Waals surface area contributed by atoms with Crippen LogP contribution in [0.5, 0.6) is 0 Å². The summed E-state index contributed by atoms with van der Waals surface area (Å²) < 4.78 is 4.22. The normalized spacial score (nSPS) is 11.6. The van der Waals surface area contributed by atoms with E-state index in [1.807, 2.05) is 42.5 Å². The molecule has 2 aromatic heterocycles. The second-order valence-electron chi connectivity index (χ2n) is 6.73. The van der Waals surface area contributed by atoms with Crippen molar-refractivity contribution in [1.82, 2.24) is 24.3 Å². The predicted octanol–water partition coefficient (Wildman–Crippen LogP) is 5.69. The quantitative estimate of drug-likeness (QED) is 0.244. The lowest BCUT2D eigenvalue weighted by molar-refractivity contribution is 0.755. The third kappa shape index (κ3) is 5.18. The van der Waals surface area contributed by atoms with E-state index in [2.05, 4.69) is 62.6 Å². The molecule has 0 amide bonds. The highest BCUT2D eigenvalue weighted by Crippen LogP contribution is 2.31. The molecule has 0 unspecified atom stereocenters. The van der Waals surface area contributed by atoms with E-state index in [0.29, 0.717) is 5.75 Å². The molecule has 0 radical (unpaired) electrons. The Balaban J connectivity index is 1.60. The average molecular weight is 446 g/mol. The summed E-state index contributed by atoms with van der Waals surface area (Å²) in [5.41, 5.74) is 3.24. The summed E-state index contributed by atoms with van der Waals surface area (Å²) in [5.74, 6) is 1.60. The monoisotopic (exact) mass is 445 g/mol. The van der Waals surface area contributed by atoms with Gasteiger partial charge in [-0.3, -0.25) is 4.57 Å². The van der Waals surface area contributed by atoms with Crippen LogP contribution in [-0.4, -0.2) is 30.6 Å². The zero-order valence-corrected chi connectivity index (χ0v) is 18.9. The molecule has 2 aromatic carbocycles. The summed E-state index contributed by atoms with van der Waals surface area (Å²) >= 11 is 3.32. The van der Waals surface area contributed by atoms with Crippen molar-refractivity contribution in [1.29, 1.82) is 0 Å². The van der Waals surface area contributed by atoms with Crippen molar-refractivity contribution in [2.24, 2.45) is 0 Å². The number of allylic oxidation sites excluding steroid dienone is 2. The molecule has 0 aliphatic carbocycles. The lowest BCUT2D eigenvalue weighted by Gasteiger charge is -2.08. The first kappa shape index (κ1) is 21.2. The van der Waals surface area contributed by atoms with Crippen LogP contribution in [0.4, 0.5) is 0 Å². The molecule has 7 heteroatoms.